The van der Waals surface area contributed by atoms with Crippen LogP contribution in [-0.4, -0.2) is 11.9 Å². The largest absolute Gasteiger partial charge is 0.382 e. The van der Waals surface area contributed by atoms with E-state index < -0.39 is 0 Å². The summed E-state index contributed by atoms with van der Waals surface area (Å²) < 4.78 is 0. The van der Waals surface area contributed by atoms with Gasteiger partial charge in [-0.15, -0.1) is 0 Å². The third-order valence-electron chi connectivity index (χ3n) is 4.47. The molecule has 1 aliphatic rings. The van der Waals surface area contributed by atoms with Crippen LogP contribution < -0.4 is 11.1 Å². The lowest BCUT2D eigenvalue weighted by molar-refractivity contribution is 0.100. The molecular formula is C17H26N2O. The first-order valence-electron chi connectivity index (χ1n) is 7.52. The molecule has 3 N–H and O–H groups in total. The van der Waals surface area contributed by atoms with Crippen LogP contribution in [0.1, 0.15) is 56.8 Å². The molecule has 3 nitrogen and oxygen atoms in total. The van der Waals surface area contributed by atoms with Crippen LogP contribution in [0.4, 0.5) is 5.69 Å². The maximum absolute atomic E-state index is 11.2. The Kier molecular flexibility index (Phi) is 4.36. The van der Waals surface area contributed by atoms with Gasteiger partial charge in [0.05, 0.1) is 0 Å². The number of nitrogens with one attached hydrogen (secondary N) is 1. The first-order chi connectivity index (χ1) is 9.36. The Labute approximate surface area is 121 Å². The maximum Gasteiger partial charge on any atom is 0.248 e. The molecule has 0 spiro atoms. The highest BCUT2D eigenvalue weighted by Gasteiger charge is 2.29. The lowest BCUT2D eigenvalue weighted by atomic mass is 9.71. The van der Waals surface area contributed by atoms with Gasteiger partial charge in [0.1, 0.15) is 0 Å². The molecule has 110 valence electrons. The molecule has 1 amide bonds. The van der Waals surface area contributed by atoms with Crippen LogP contribution in [0, 0.1) is 11.3 Å². The number of amides is 1. The molecule has 0 aromatic heterocycles. The summed E-state index contributed by atoms with van der Waals surface area (Å²) in [7, 11) is 0. The van der Waals surface area contributed by atoms with E-state index in [1.165, 1.54) is 25.7 Å². The van der Waals surface area contributed by atoms with Crippen LogP contribution in [-0.2, 0) is 0 Å². The van der Waals surface area contributed by atoms with Crippen molar-refractivity contribution in [3.63, 3.8) is 0 Å². The van der Waals surface area contributed by atoms with E-state index in [1.807, 2.05) is 18.2 Å². The summed E-state index contributed by atoms with van der Waals surface area (Å²) in [5.74, 6) is 0.447. The lowest BCUT2D eigenvalue weighted by Crippen LogP contribution is -2.31. The molecule has 0 heterocycles. The van der Waals surface area contributed by atoms with Gasteiger partial charge in [0.2, 0.25) is 5.91 Å². The van der Waals surface area contributed by atoms with Crippen molar-refractivity contribution >= 4 is 11.6 Å². The minimum absolute atomic E-state index is 0.370. The first-order valence-corrected chi connectivity index (χ1v) is 7.52. The highest BCUT2D eigenvalue weighted by Crippen LogP contribution is 2.38. The highest BCUT2D eigenvalue weighted by molar-refractivity contribution is 5.93. The fraction of sp³-hybridized carbons (Fsp3) is 0.588. The Bertz CT molecular complexity index is 468. The van der Waals surface area contributed by atoms with E-state index in [0.29, 0.717) is 17.0 Å². The van der Waals surface area contributed by atoms with Crippen molar-refractivity contribution in [2.24, 2.45) is 17.1 Å². The van der Waals surface area contributed by atoms with Crippen LogP contribution in [0.3, 0.4) is 0 Å². The lowest BCUT2D eigenvalue weighted by Gasteiger charge is -2.37. The molecule has 0 bridgehead atoms. The molecule has 1 aromatic carbocycles. The first kappa shape index (κ1) is 14.9. The van der Waals surface area contributed by atoms with Gasteiger partial charge < -0.3 is 11.1 Å². The predicted octanol–water partition coefficient (Wildman–Crippen LogP) is 3.80. The van der Waals surface area contributed by atoms with Crippen LogP contribution in [0.15, 0.2) is 24.3 Å². The Balaban J connectivity index is 1.93. The van der Waals surface area contributed by atoms with Crippen LogP contribution >= 0.6 is 0 Å². The van der Waals surface area contributed by atoms with Gasteiger partial charge in [-0.3, -0.25) is 4.79 Å². The third kappa shape index (κ3) is 3.75. The molecule has 20 heavy (non-hydrogen) atoms. The van der Waals surface area contributed by atoms with Crippen molar-refractivity contribution in [2.45, 2.75) is 52.5 Å². The molecular weight excluding hydrogens is 248 g/mol. The number of primary amides is 1. The highest BCUT2D eigenvalue weighted by atomic mass is 16.1. The van der Waals surface area contributed by atoms with Gasteiger partial charge in [0.25, 0.3) is 0 Å². The van der Waals surface area contributed by atoms with Gasteiger partial charge in [0, 0.05) is 17.3 Å². The van der Waals surface area contributed by atoms with Crippen molar-refractivity contribution in [1.29, 1.82) is 0 Å². The molecule has 1 aromatic rings. The zero-order valence-corrected chi connectivity index (χ0v) is 12.8. The van der Waals surface area contributed by atoms with E-state index in [-0.39, 0.29) is 5.91 Å². The minimum atomic E-state index is -0.370. The summed E-state index contributed by atoms with van der Waals surface area (Å²) in [5, 5.41) is 3.54. The van der Waals surface area contributed by atoms with E-state index in [4.69, 9.17) is 5.73 Å². The quantitative estimate of drug-likeness (QED) is 0.880. The molecule has 2 rings (SSSR count). The second-order valence-corrected chi connectivity index (χ2v) is 7.00. The van der Waals surface area contributed by atoms with Crippen LogP contribution in [0.2, 0.25) is 0 Å². The van der Waals surface area contributed by atoms with E-state index in [0.717, 1.165) is 11.6 Å². The topological polar surface area (TPSA) is 55.1 Å². The molecule has 3 heteroatoms. The summed E-state index contributed by atoms with van der Waals surface area (Å²) in [4.78, 5) is 11.2. The zero-order valence-electron chi connectivity index (χ0n) is 12.8. The molecule has 1 fully saturated rings. The average Bonchev–Trinajstić information content (AvgIpc) is 2.38. The monoisotopic (exact) mass is 274 g/mol. The SMILES string of the molecule is CC(C)(C)C1CCC(Nc2cccc(C(N)=O)c2)CC1. The molecule has 0 atom stereocenters. The summed E-state index contributed by atoms with van der Waals surface area (Å²) >= 11 is 0. The average molecular weight is 274 g/mol. The van der Waals surface area contributed by atoms with Gasteiger partial charge in [-0.25, -0.2) is 0 Å². The molecule has 0 aliphatic heterocycles. The molecule has 1 saturated carbocycles. The van der Waals surface area contributed by atoms with Gasteiger partial charge >= 0.3 is 0 Å². The summed E-state index contributed by atoms with van der Waals surface area (Å²) in [6, 6.07) is 7.99. The third-order valence-corrected chi connectivity index (χ3v) is 4.47. The summed E-state index contributed by atoms with van der Waals surface area (Å²) in [6.07, 6.45) is 4.94. The second kappa shape index (κ2) is 5.86. The second-order valence-electron chi connectivity index (χ2n) is 7.00. The zero-order chi connectivity index (χ0) is 14.8. The smallest absolute Gasteiger partial charge is 0.248 e. The number of anilines is 1. The van der Waals surface area contributed by atoms with Crippen molar-refractivity contribution in [2.75, 3.05) is 5.32 Å². The van der Waals surface area contributed by atoms with E-state index in [9.17, 15) is 4.79 Å². The normalized spacial score (nSPS) is 23.4. The van der Waals surface area contributed by atoms with Crippen molar-refractivity contribution < 1.29 is 4.79 Å². The Morgan fingerprint density at radius 3 is 2.40 bits per heavy atom. The Hall–Kier alpha value is -1.51. The van der Waals surface area contributed by atoms with E-state index in [2.05, 4.69) is 26.1 Å². The van der Waals surface area contributed by atoms with Crippen LogP contribution in [0.5, 0.6) is 0 Å². The number of benzene rings is 1. The van der Waals surface area contributed by atoms with Gasteiger partial charge in [-0.2, -0.15) is 0 Å². The van der Waals surface area contributed by atoms with E-state index in [1.54, 1.807) is 6.07 Å². The van der Waals surface area contributed by atoms with Gasteiger partial charge in [-0.05, 0) is 55.2 Å². The predicted molar refractivity (Wildman–Crippen MR) is 83.8 cm³/mol. The number of carbonyl (C=O) groups excluding carboxylic acids is 1. The summed E-state index contributed by atoms with van der Waals surface area (Å²) in [5.41, 5.74) is 7.30. The molecule has 0 saturated heterocycles. The number of hydrogen-bond acceptors (Lipinski definition) is 2. The molecule has 0 radical (unpaired) electrons. The van der Waals surface area contributed by atoms with Crippen molar-refractivity contribution in [3.8, 4) is 0 Å². The Morgan fingerprint density at radius 2 is 1.85 bits per heavy atom. The number of rotatable bonds is 3. The fourth-order valence-corrected chi connectivity index (χ4v) is 3.10. The van der Waals surface area contributed by atoms with Crippen molar-refractivity contribution in [1.82, 2.24) is 0 Å². The standard InChI is InChI=1S/C17H26N2O/c1-17(2,3)13-7-9-14(10-8-13)19-15-6-4-5-12(11-15)16(18)20/h4-6,11,13-14,19H,7-10H2,1-3H3,(H2,18,20). The number of carbonyl (C=O) groups is 1. The van der Waals surface area contributed by atoms with Crippen molar-refractivity contribution in [3.05, 3.63) is 29.8 Å². The Morgan fingerprint density at radius 1 is 1.20 bits per heavy atom. The molecule has 0 unspecified atom stereocenters. The number of hydrogen-bond donors (Lipinski definition) is 2. The van der Waals surface area contributed by atoms with Crippen LogP contribution in [0.25, 0.3) is 0 Å². The maximum atomic E-state index is 11.2. The minimum Gasteiger partial charge on any atom is -0.382 e. The number of nitrogens with two attached hydrogens (primary N) is 1. The molecule has 1 aliphatic carbocycles. The van der Waals surface area contributed by atoms with Gasteiger partial charge in [-0.1, -0.05) is 26.8 Å². The fourth-order valence-electron chi connectivity index (χ4n) is 3.10. The summed E-state index contributed by atoms with van der Waals surface area (Å²) in [6.45, 7) is 7.01. The van der Waals surface area contributed by atoms with Gasteiger partial charge in [0.15, 0.2) is 0 Å². The van der Waals surface area contributed by atoms with E-state index >= 15 is 0 Å².